The van der Waals surface area contributed by atoms with Crippen LogP contribution in [0.3, 0.4) is 0 Å². The highest BCUT2D eigenvalue weighted by atomic mass is 35.5. The topological polar surface area (TPSA) is 55.1 Å². The van der Waals surface area contributed by atoms with E-state index in [4.69, 9.17) is 5.73 Å². The van der Waals surface area contributed by atoms with Gasteiger partial charge in [0.25, 0.3) is 0 Å². The molecule has 1 saturated carbocycles. The Kier molecular flexibility index (Phi) is 7.66. The van der Waals surface area contributed by atoms with Crippen molar-refractivity contribution in [2.75, 3.05) is 11.1 Å². The van der Waals surface area contributed by atoms with Gasteiger partial charge < -0.3 is 11.1 Å². The third kappa shape index (κ3) is 6.29. The minimum Gasteiger partial charge on any atom is -0.399 e. The summed E-state index contributed by atoms with van der Waals surface area (Å²) >= 11 is 2.04. The third-order valence-electron chi connectivity index (χ3n) is 4.34. The summed E-state index contributed by atoms with van der Waals surface area (Å²) in [6.45, 7) is 0. The molecule has 0 aliphatic heterocycles. The summed E-state index contributed by atoms with van der Waals surface area (Å²) in [4.78, 5) is 12.2. The van der Waals surface area contributed by atoms with E-state index in [1.165, 1.54) is 31.2 Å². The molecule has 0 aromatic heterocycles. The molecular formula is C20H25ClN2OS. The number of benzene rings is 2. The number of carbonyl (C=O) groups is 1. The Morgan fingerprint density at radius 1 is 1.08 bits per heavy atom. The SMILES string of the molecule is Cl.Nc1ccc(CC(=O)Nc2cccc(CSC3CCCC3)c2)cc1. The maximum absolute atomic E-state index is 12.2. The van der Waals surface area contributed by atoms with Gasteiger partial charge >= 0.3 is 0 Å². The fraction of sp³-hybridized carbons (Fsp3) is 0.350. The normalized spacial score (nSPS) is 14.1. The first-order valence-corrected chi connectivity index (χ1v) is 9.59. The van der Waals surface area contributed by atoms with Crippen LogP contribution in [-0.4, -0.2) is 11.2 Å². The maximum Gasteiger partial charge on any atom is 0.228 e. The molecule has 3 nitrogen and oxygen atoms in total. The Labute approximate surface area is 160 Å². The molecule has 0 heterocycles. The van der Waals surface area contributed by atoms with Gasteiger partial charge in [0.1, 0.15) is 0 Å². The molecule has 1 amide bonds. The van der Waals surface area contributed by atoms with Crippen LogP contribution in [0.4, 0.5) is 11.4 Å². The highest BCUT2D eigenvalue weighted by Crippen LogP contribution is 2.31. The van der Waals surface area contributed by atoms with Crippen LogP contribution in [0.2, 0.25) is 0 Å². The molecule has 0 spiro atoms. The van der Waals surface area contributed by atoms with Gasteiger partial charge in [-0.05, 0) is 48.2 Å². The average molecular weight is 377 g/mol. The molecule has 0 unspecified atom stereocenters. The number of thioether (sulfide) groups is 1. The number of hydrogen-bond donors (Lipinski definition) is 2. The second-order valence-corrected chi connectivity index (χ2v) is 7.67. The number of hydrogen-bond acceptors (Lipinski definition) is 3. The lowest BCUT2D eigenvalue weighted by Gasteiger charge is -2.10. The fourth-order valence-corrected chi connectivity index (χ4v) is 4.31. The van der Waals surface area contributed by atoms with E-state index < -0.39 is 0 Å². The number of halogens is 1. The quantitative estimate of drug-likeness (QED) is 0.694. The number of amides is 1. The van der Waals surface area contributed by atoms with Crippen LogP contribution in [0.1, 0.15) is 36.8 Å². The summed E-state index contributed by atoms with van der Waals surface area (Å²) in [6, 6.07) is 15.6. The summed E-state index contributed by atoms with van der Waals surface area (Å²) in [5.74, 6) is 1.02. The van der Waals surface area contributed by atoms with E-state index >= 15 is 0 Å². The van der Waals surface area contributed by atoms with Gasteiger partial charge in [-0.2, -0.15) is 11.8 Å². The molecule has 2 aromatic rings. The molecule has 2 aromatic carbocycles. The first-order valence-electron chi connectivity index (χ1n) is 8.54. The molecule has 1 aliphatic rings. The molecule has 0 bridgehead atoms. The molecule has 5 heteroatoms. The molecule has 134 valence electrons. The zero-order valence-electron chi connectivity index (χ0n) is 14.2. The second-order valence-electron chi connectivity index (χ2n) is 6.38. The lowest BCUT2D eigenvalue weighted by atomic mass is 10.1. The molecule has 3 rings (SSSR count). The summed E-state index contributed by atoms with van der Waals surface area (Å²) in [5.41, 5.74) is 9.50. The zero-order valence-corrected chi connectivity index (χ0v) is 15.9. The zero-order chi connectivity index (χ0) is 16.8. The summed E-state index contributed by atoms with van der Waals surface area (Å²) in [6.07, 6.45) is 5.81. The highest BCUT2D eigenvalue weighted by Gasteiger charge is 2.15. The van der Waals surface area contributed by atoms with E-state index in [1.54, 1.807) is 0 Å². The largest absolute Gasteiger partial charge is 0.399 e. The molecule has 0 atom stereocenters. The van der Waals surface area contributed by atoms with Crippen molar-refractivity contribution in [1.82, 2.24) is 0 Å². The number of anilines is 2. The first-order chi connectivity index (χ1) is 11.7. The van der Waals surface area contributed by atoms with Crippen molar-refractivity contribution in [3.63, 3.8) is 0 Å². The van der Waals surface area contributed by atoms with Crippen molar-refractivity contribution in [1.29, 1.82) is 0 Å². The smallest absolute Gasteiger partial charge is 0.228 e. The van der Waals surface area contributed by atoms with E-state index in [0.29, 0.717) is 12.1 Å². The molecule has 1 fully saturated rings. The molecular weight excluding hydrogens is 352 g/mol. The number of rotatable bonds is 6. The maximum atomic E-state index is 12.2. The summed E-state index contributed by atoms with van der Waals surface area (Å²) < 4.78 is 0. The number of nitrogens with one attached hydrogen (secondary N) is 1. The van der Waals surface area contributed by atoms with Gasteiger partial charge in [0.05, 0.1) is 6.42 Å². The van der Waals surface area contributed by atoms with Crippen LogP contribution in [0, 0.1) is 0 Å². The van der Waals surface area contributed by atoms with Crippen molar-refractivity contribution in [2.45, 2.75) is 43.1 Å². The Morgan fingerprint density at radius 2 is 1.80 bits per heavy atom. The van der Waals surface area contributed by atoms with E-state index in [2.05, 4.69) is 17.4 Å². The van der Waals surface area contributed by atoms with Gasteiger partial charge in [-0.15, -0.1) is 12.4 Å². The van der Waals surface area contributed by atoms with Crippen molar-refractivity contribution >= 4 is 41.5 Å². The lowest BCUT2D eigenvalue weighted by Crippen LogP contribution is -2.14. The molecule has 0 saturated heterocycles. The third-order valence-corrected chi connectivity index (χ3v) is 5.79. The van der Waals surface area contributed by atoms with Gasteiger partial charge in [-0.3, -0.25) is 4.79 Å². The van der Waals surface area contributed by atoms with Gasteiger partial charge in [0, 0.05) is 22.4 Å². The summed E-state index contributed by atoms with van der Waals surface area (Å²) in [7, 11) is 0. The number of carbonyl (C=O) groups excluding carboxylic acids is 1. The molecule has 25 heavy (non-hydrogen) atoms. The van der Waals surface area contributed by atoms with Gasteiger partial charge in [-0.25, -0.2) is 0 Å². The highest BCUT2D eigenvalue weighted by molar-refractivity contribution is 7.99. The predicted octanol–water partition coefficient (Wildman–Crippen LogP) is 5.05. The van der Waals surface area contributed by atoms with Crippen LogP contribution in [0.25, 0.3) is 0 Å². The fourth-order valence-electron chi connectivity index (χ4n) is 3.03. The predicted molar refractivity (Wildman–Crippen MR) is 110 cm³/mol. The second kappa shape index (κ2) is 9.73. The van der Waals surface area contributed by atoms with E-state index in [1.807, 2.05) is 48.2 Å². The van der Waals surface area contributed by atoms with Gasteiger partial charge in [0.2, 0.25) is 5.91 Å². The Hall–Kier alpha value is -1.65. The Bertz CT molecular complexity index is 684. The standard InChI is InChI=1S/C20H24N2OS.ClH/c21-17-10-8-15(9-11-17)13-20(23)22-18-5-3-4-16(12-18)14-24-19-6-1-2-7-19;/h3-5,8-12,19H,1-2,6-7,13-14,21H2,(H,22,23);1H. The van der Waals surface area contributed by atoms with Crippen molar-refractivity contribution in [2.24, 2.45) is 0 Å². The van der Waals surface area contributed by atoms with E-state index in [-0.39, 0.29) is 18.3 Å². The van der Waals surface area contributed by atoms with Crippen molar-refractivity contribution in [3.8, 4) is 0 Å². The molecule has 3 N–H and O–H groups in total. The van der Waals surface area contributed by atoms with E-state index in [9.17, 15) is 4.79 Å². The Balaban J connectivity index is 0.00000225. The minimum atomic E-state index is 0. The first kappa shape index (κ1) is 19.7. The lowest BCUT2D eigenvalue weighted by molar-refractivity contribution is -0.115. The van der Waals surface area contributed by atoms with Crippen LogP contribution < -0.4 is 11.1 Å². The summed E-state index contributed by atoms with van der Waals surface area (Å²) in [5, 5.41) is 3.81. The Morgan fingerprint density at radius 3 is 2.52 bits per heavy atom. The van der Waals surface area contributed by atoms with Gasteiger partial charge in [-0.1, -0.05) is 37.1 Å². The van der Waals surface area contributed by atoms with E-state index in [0.717, 1.165) is 22.3 Å². The van der Waals surface area contributed by atoms with Gasteiger partial charge in [0.15, 0.2) is 0 Å². The molecule has 0 radical (unpaired) electrons. The van der Waals surface area contributed by atoms with Crippen LogP contribution in [0.5, 0.6) is 0 Å². The number of nitrogens with two attached hydrogens (primary N) is 1. The van der Waals surface area contributed by atoms with Crippen LogP contribution in [0.15, 0.2) is 48.5 Å². The average Bonchev–Trinajstić information content (AvgIpc) is 3.09. The number of nitrogen functional groups attached to an aromatic ring is 1. The molecule has 1 aliphatic carbocycles. The minimum absolute atomic E-state index is 0. The van der Waals surface area contributed by atoms with Crippen LogP contribution in [-0.2, 0) is 17.0 Å². The van der Waals surface area contributed by atoms with Crippen molar-refractivity contribution < 1.29 is 4.79 Å². The van der Waals surface area contributed by atoms with Crippen LogP contribution >= 0.6 is 24.2 Å². The monoisotopic (exact) mass is 376 g/mol. The van der Waals surface area contributed by atoms with Crippen molar-refractivity contribution in [3.05, 3.63) is 59.7 Å².